The van der Waals surface area contributed by atoms with Crippen LogP contribution in [0.5, 0.6) is 5.75 Å². The number of benzene rings is 1. The summed E-state index contributed by atoms with van der Waals surface area (Å²) in [6.45, 7) is 3.81. The molecule has 0 aromatic heterocycles. The zero-order chi connectivity index (χ0) is 12.3. The second kappa shape index (κ2) is 5.32. The predicted molar refractivity (Wildman–Crippen MR) is 67.7 cm³/mol. The number of methoxy groups -OCH3 is 1. The van der Waals surface area contributed by atoms with Gasteiger partial charge in [0.05, 0.1) is 7.11 Å². The normalized spacial score (nSPS) is 20.0. The Morgan fingerprint density at radius 3 is 2.88 bits per heavy atom. The van der Waals surface area contributed by atoms with Crippen LogP contribution in [0.15, 0.2) is 18.2 Å². The van der Waals surface area contributed by atoms with Crippen molar-refractivity contribution in [3.05, 3.63) is 29.3 Å². The lowest BCUT2D eigenvalue weighted by atomic mass is 9.89. The monoisotopic (exact) mass is 233 g/mol. The Kier molecular flexibility index (Phi) is 3.79. The summed E-state index contributed by atoms with van der Waals surface area (Å²) in [5.74, 6) is 1.20. The van der Waals surface area contributed by atoms with Gasteiger partial charge >= 0.3 is 0 Å². The van der Waals surface area contributed by atoms with Gasteiger partial charge in [0.2, 0.25) is 0 Å². The molecule has 0 aliphatic carbocycles. The Morgan fingerprint density at radius 1 is 1.47 bits per heavy atom. The summed E-state index contributed by atoms with van der Waals surface area (Å²) >= 11 is 0. The first-order chi connectivity index (χ1) is 8.22. The molecule has 3 heteroatoms. The summed E-state index contributed by atoms with van der Waals surface area (Å²) in [5, 5.41) is 3.28. The van der Waals surface area contributed by atoms with Gasteiger partial charge < -0.3 is 10.1 Å². The number of hydrogen-bond donors (Lipinski definition) is 1. The van der Waals surface area contributed by atoms with E-state index in [2.05, 4.69) is 5.32 Å². The molecule has 1 heterocycles. The second-order valence-corrected chi connectivity index (χ2v) is 4.59. The highest BCUT2D eigenvalue weighted by Gasteiger charge is 2.23. The van der Waals surface area contributed by atoms with E-state index in [1.165, 1.54) is 0 Å². The molecule has 1 saturated heterocycles. The van der Waals surface area contributed by atoms with Gasteiger partial charge in [-0.05, 0) is 50.1 Å². The first kappa shape index (κ1) is 12.1. The van der Waals surface area contributed by atoms with Gasteiger partial charge in [-0.1, -0.05) is 0 Å². The van der Waals surface area contributed by atoms with Crippen molar-refractivity contribution in [2.75, 3.05) is 20.2 Å². The number of ether oxygens (including phenoxy) is 1. The van der Waals surface area contributed by atoms with E-state index in [1.807, 2.05) is 25.1 Å². The molecular weight excluding hydrogens is 214 g/mol. The highest BCUT2D eigenvalue weighted by Crippen LogP contribution is 2.22. The summed E-state index contributed by atoms with van der Waals surface area (Å²) in [7, 11) is 1.64. The number of aryl methyl sites for hydroxylation is 1. The lowest BCUT2D eigenvalue weighted by Crippen LogP contribution is -2.34. The average molecular weight is 233 g/mol. The van der Waals surface area contributed by atoms with Gasteiger partial charge in [-0.25, -0.2) is 0 Å². The van der Waals surface area contributed by atoms with Crippen LogP contribution in [0.4, 0.5) is 0 Å². The summed E-state index contributed by atoms with van der Waals surface area (Å²) in [6, 6.07) is 5.66. The molecule has 1 aliphatic rings. The van der Waals surface area contributed by atoms with Crippen molar-refractivity contribution in [2.24, 2.45) is 5.92 Å². The van der Waals surface area contributed by atoms with Crippen LogP contribution in [0.1, 0.15) is 28.8 Å². The highest BCUT2D eigenvalue weighted by atomic mass is 16.5. The lowest BCUT2D eigenvalue weighted by Gasteiger charge is -2.22. The largest absolute Gasteiger partial charge is 0.497 e. The molecule has 0 spiro atoms. The van der Waals surface area contributed by atoms with Gasteiger partial charge in [0.15, 0.2) is 5.78 Å². The smallest absolute Gasteiger partial charge is 0.167 e. The van der Waals surface area contributed by atoms with E-state index in [0.29, 0.717) is 0 Å². The summed E-state index contributed by atoms with van der Waals surface area (Å²) in [6.07, 6.45) is 2.09. The van der Waals surface area contributed by atoms with Crippen molar-refractivity contribution >= 4 is 5.78 Å². The first-order valence-electron chi connectivity index (χ1n) is 6.12. The molecule has 1 aliphatic heterocycles. The second-order valence-electron chi connectivity index (χ2n) is 4.59. The predicted octanol–water partition coefficient (Wildman–Crippen LogP) is 2.19. The average Bonchev–Trinajstić information content (AvgIpc) is 2.39. The number of hydrogen-bond acceptors (Lipinski definition) is 3. The van der Waals surface area contributed by atoms with E-state index in [-0.39, 0.29) is 11.7 Å². The third-order valence-corrected chi connectivity index (χ3v) is 3.37. The van der Waals surface area contributed by atoms with Gasteiger partial charge in [-0.2, -0.15) is 0 Å². The zero-order valence-corrected chi connectivity index (χ0v) is 10.5. The van der Waals surface area contributed by atoms with Crippen molar-refractivity contribution < 1.29 is 9.53 Å². The highest BCUT2D eigenvalue weighted by molar-refractivity contribution is 5.99. The fourth-order valence-corrected chi connectivity index (χ4v) is 2.34. The maximum atomic E-state index is 12.3. The quantitative estimate of drug-likeness (QED) is 0.813. The molecule has 0 saturated carbocycles. The molecule has 0 bridgehead atoms. The molecule has 17 heavy (non-hydrogen) atoms. The Labute approximate surface area is 102 Å². The molecule has 1 fully saturated rings. The van der Waals surface area contributed by atoms with E-state index in [1.54, 1.807) is 7.11 Å². The molecular formula is C14H19NO2. The topological polar surface area (TPSA) is 38.3 Å². The third kappa shape index (κ3) is 2.67. The van der Waals surface area contributed by atoms with E-state index >= 15 is 0 Å². The maximum Gasteiger partial charge on any atom is 0.167 e. The number of ketones is 1. The van der Waals surface area contributed by atoms with Crippen LogP contribution < -0.4 is 10.1 Å². The molecule has 1 N–H and O–H groups in total. The molecule has 3 nitrogen and oxygen atoms in total. The van der Waals surface area contributed by atoms with Crippen LogP contribution in [-0.2, 0) is 0 Å². The summed E-state index contributed by atoms with van der Waals surface area (Å²) in [5.41, 5.74) is 1.83. The number of piperidine rings is 1. The van der Waals surface area contributed by atoms with E-state index in [4.69, 9.17) is 4.74 Å². The standard InChI is InChI=1S/C14H19NO2/c1-10-8-12(17-2)5-6-13(10)14(16)11-4-3-7-15-9-11/h5-6,8,11,15H,3-4,7,9H2,1-2H3. The van der Waals surface area contributed by atoms with E-state index < -0.39 is 0 Å². The minimum absolute atomic E-state index is 0.135. The lowest BCUT2D eigenvalue weighted by molar-refractivity contribution is 0.0899. The molecule has 1 unspecified atom stereocenters. The van der Waals surface area contributed by atoms with Crippen molar-refractivity contribution in [1.29, 1.82) is 0 Å². The number of Topliss-reactive ketones (excluding diaryl/α,β-unsaturated/α-hetero) is 1. The SMILES string of the molecule is COc1ccc(C(=O)C2CCCNC2)c(C)c1. The van der Waals surface area contributed by atoms with Gasteiger partial charge in [0, 0.05) is 18.0 Å². The van der Waals surface area contributed by atoms with Gasteiger partial charge in [0.1, 0.15) is 5.75 Å². The minimum atomic E-state index is 0.135. The van der Waals surface area contributed by atoms with Crippen LogP contribution in [-0.4, -0.2) is 26.0 Å². The Hall–Kier alpha value is -1.35. The fourth-order valence-electron chi connectivity index (χ4n) is 2.34. The van der Waals surface area contributed by atoms with Gasteiger partial charge in [0.25, 0.3) is 0 Å². The number of rotatable bonds is 3. The Balaban J connectivity index is 2.18. The van der Waals surface area contributed by atoms with E-state index in [0.717, 1.165) is 42.8 Å². The van der Waals surface area contributed by atoms with Gasteiger partial charge in [-0.15, -0.1) is 0 Å². The molecule has 2 rings (SSSR count). The molecule has 1 aromatic rings. The first-order valence-corrected chi connectivity index (χ1v) is 6.12. The summed E-state index contributed by atoms with van der Waals surface area (Å²) in [4.78, 5) is 12.3. The van der Waals surface area contributed by atoms with Crippen molar-refractivity contribution in [3.63, 3.8) is 0 Å². The Morgan fingerprint density at radius 2 is 2.29 bits per heavy atom. The Bertz CT molecular complexity index is 409. The molecule has 1 aromatic carbocycles. The maximum absolute atomic E-state index is 12.3. The van der Waals surface area contributed by atoms with Crippen LogP contribution in [0.2, 0.25) is 0 Å². The van der Waals surface area contributed by atoms with Crippen LogP contribution in [0.3, 0.4) is 0 Å². The third-order valence-electron chi connectivity index (χ3n) is 3.37. The minimum Gasteiger partial charge on any atom is -0.497 e. The number of carbonyl (C=O) groups is 1. The van der Waals surface area contributed by atoms with Crippen molar-refractivity contribution in [1.82, 2.24) is 5.32 Å². The molecule has 0 amide bonds. The van der Waals surface area contributed by atoms with Crippen LogP contribution >= 0.6 is 0 Å². The number of carbonyl (C=O) groups excluding carboxylic acids is 1. The van der Waals surface area contributed by atoms with Gasteiger partial charge in [-0.3, -0.25) is 4.79 Å². The fraction of sp³-hybridized carbons (Fsp3) is 0.500. The molecule has 92 valence electrons. The number of nitrogens with one attached hydrogen (secondary N) is 1. The van der Waals surface area contributed by atoms with Crippen molar-refractivity contribution in [2.45, 2.75) is 19.8 Å². The molecule has 1 atom stereocenters. The van der Waals surface area contributed by atoms with Crippen LogP contribution in [0, 0.1) is 12.8 Å². The van der Waals surface area contributed by atoms with E-state index in [9.17, 15) is 4.79 Å². The van der Waals surface area contributed by atoms with Crippen molar-refractivity contribution in [3.8, 4) is 5.75 Å². The molecule has 0 radical (unpaired) electrons. The van der Waals surface area contributed by atoms with Crippen LogP contribution in [0.25, 0.3) is 0 Å². The summed E-state index contributed by atoms with van der Waals surface area (Å²) < 4.78 is 5.15. The zero-order valence-electron chi connectivity index (χ0n) is 10.5.